The van der Waals surface area contributed by atoms with Gasteiger partial charge in [0.2, 0.25) is 0 Å². The van der Waals surface area contributed by atoms with Gasteiger partial charge in [-0.15, -0.1) is 0 Å². The minimum absolute atomic E-state index is 0.0155. The second-order valence-corrected chi connectivity index (χ2v) is 34.0. The van der Waals surface area contributed by atoms with Crippen LogP contribution in [0, 0.1) is 70.7 Å². The number of fused-ring (bicyclic) bond motifs is 6. The van der Waals surface area contributed by atoms with E-state index in [9.17, 15) is 16.4 Å². The second-order valence-electron chi connectivity index (χ2n) is 34.0. The molecule has 24 atom stereocenters. The number of likely N-dealkylation sites (N-methyl/N-ethyl adjacent to an activating group) is 6. The summed E-state index contributed by atoms with van der Waals surface area (Å²) in [6.45, 7) is -2.63. The highest BCUT2D eigenvalue weighted by Crippen LogP contribution is 2.64. The first-order valence-electron chi connectivity index (χ1n) is 83.1. The summed E-state index contributed by atoms with van der Waals surface area (Å²) in [5, 5.41) is 0. The van der Waals surface area contributed by atoms with Crippen LogP contribution in [0.15, 0.2) is 109 Å². The topological polar surface area (TPSA) is 74.8 Å². The molecule has 6 saturated heterocycles. The highest BCUT2D eigenvalue weighted by atomic mass is 16.5. The first-order chi connectivity index (χ1) is 92.6. The molecule has 12 aliphatic carbocycles. The smallest absolute Gasteiger partial charge is 0.119 e. The van der Waals surface area contributed by atoms with Gasteiger partial charge in [0.15, 0.2) is 0 Å². The lowest BCUT2D eigenvalue weighted by atomic mass is 9.51. The van der Waals surface area contributed by atoms with Gasteiger partial charge in [0, 0.05) is 156 Å². The van der Waals surface area contributed by atoms with Crippen molar-refractivity contribution in [2.24, 2.45) is 70.7 Å². The zero-order valence-corrected chi connectivity index (χ0v) is 73.4. The normalized spacial score (nSPS) is 66.7. The predicted molar refractivity (Wildman–Crippen MR) is 515 cm³/mol. The fraction of sp³-hybridized carbons (Fsp3) is 0.684. The van der Waals surface area contributed by atoms with Crippen molar-refractivity contribution in [3.05, 3.63) is 176 Å². The number of nitrogens with zero attached hydrogens (tertiary/aromatic N) is 6. The summed E-state index contributed by atoms with van der Waals surface area (Å²) in [7, 11) is 12.3. The summed E-state index contributed by atoms with van der Waals surface area (Å²) in [6.07, 6.45) is -69.9. The maximum atomic E-state index is 9.65. The minimum atomic E-state index is -3.34. The third-order valence-electron chi connectivity index (χ3n) is 26.6. The summed E-state index contributed by atoms with van der Waals surface area (Å²) in [6, 6.07) is -26.8. The Morgan fingerprint density at radius 1 is 0.278 bits per heavy atom. The lowest BCUT2D eigenvalue weighted by Gasteiger charge is -2.59. The largest absolute Gasteiger partial charge is 0.497 e. The van der Waals surface area contributed by atoms with E-state index < -0.39 is 510 Å². The average Bonchev–Trinajstić information content (AvgIpc) is 0.603. The molecule has 12 fully saturated rings. The SMILES string of the molecule is [2H]c1c([2H])c(OC)c([2H])c2c1C[C@]1([2H])N(C([2H])([2H])[2H])CC[C@]23C([2H])([2H])C([2H])([2H])C([2H])(C)C([2H])([2H])[C@]13[2H].[2H]c1c([2H])c(OC)c([2H])c2c1C[C@]1([2H])N(C([2H])([2H])[2H])CC[C@]23C([2H])([2H])C([2H])([2H])C([2H])(C)C([2H])([2H])[C@]13[2H].[2H]c1c([2H])c(OC)c([2H])c2c1C[C@]1([2H])N(C)CC[C@]23C([2H])([2H])C([2H])([2H])C([2H])(C)C([2H])([2H])[C@]13[2H].[2H]c1c([2H])c(OC)c([2H])c2c1C[C@]1([2H])N(C)CC[C@]23C([2H])([2H])C([2H])([2H])C([2H])(C)C([2H])([2H])[C@]13[2H].[2H]c1c([2H])c2c(c([2H])c1OC)[C@@]13CCN(C)[C@@]([2H])(C2([2H])[2H])[C@@]1([2H])C([2H])([2H])C([2H])(C)C([2H])([2H])C3([2H])[2H].[2H]c1c([2H])c2c(c([2H])c1OC)[C@@]13CCN(C)[C@@]([2H])(C2([2H])[2H])[C@@]1([2H])C([2H])([2H])C([2H])(C)C([2H])([2H])C3([2H])[2H]. The highest BCUT2D eigenvalue weighted by Gasteiger charge is 2.61. The van der Waals surface area contributed by atoms with Crippen molar-refractivity contribution in [2.75, 3.05) is 124 Å². The summed E-state index contributed by atoms with van der Waals surface area (Å²) < 4.78 is 756. The predicted octanol–water partition coefficient (Wildman–Crippen LogP) is 21.8. The number of methoxy groups -OCH3 is 6. The Morgan fingerprint density at radius 2 is 0.460 bits per heavy atom. The van der Waals surface area contributed by atoms with Crippen LogP contribution in [0.3, 0.4) is 0 Å². The molecule has 684 valence electrons. The maximum Gasteiger partial charge on any atom is 0.119 e. The van der Waals surface area contributed by atoms with Gasteiger partial charge in [0.05, 0.1) is 67.3 Å². The molecular formula is C114H162N6O6. The standard InChI is InChI=1S/6C19H27NO/c6*1-13-6-7-19-8-9-20(2)18(17(19)10-13)11-14-4-5-15(21-3)12-16(14)19/h6*4-5,12-13,17-18H,6-11H2,1-3H3/t6*13?,17-,18+,19-/m111111/s1/i2*4D,5D,6D2,7D2,10D2,11D2,12D,13D,17D,18D;2*2D3,4D,5D,6D2,7D2,10D2,12D,13D,17D,18D;2*4D,5D,6D2,7D2,10D2,12D,13D,17D,18D. The molecule has 12 heteroatoms. The molecule has 126 heavy (non-hydrogen) atoms. The molecule has 6 aromatic rings. The molecular weight excluding hydrogens is 1550 g/mol. The number of benzene rings is 6. The van der Waals surface area contributed by atoms with Crippen molar-refractivity contribution in [1.29, 1.82) is 0 Å². The number of hydrogen-bond donors (Lipinski definition) is 0. The summed E-state index contributed by atoms with van der Waals surface area (Å²) in [4.78, 5) is 6.03. The molecule has 0 radical (unpaired) electrons. The maximum absolute atomic E-state index is 9.65. The van der Waals surface area contributed by atoms with Gasteiger partial charge < -0.3 is 57.8 Å². The molecule has 12 bridgehead atoms. The zero-order chi connectivity index (χ0) is 161. The lowest BCUT2D eigenvalue weighted by Crippen LogP contribution is -2.60. The van der Waals surface area contributed by atoms with Crippen LogP contribution >= 0.6 is 0 Å². The molecule has 6 heterocycles. The molecule has 6 saturated carbocycles. The molecule has 18 aliphatic rings. The Kier molecular flexibility index (Phi) is 9.86. The number of hydrogen-bond acceptors (Lipinski definition) is 12. The van der Waals surface area contributed by atoms with Crippen molar-refractivity contribution in [3.8, 4) is 34.5 Å². The summed E-state index contributed by atoms with van der Waals surface area (Å²) in [5.41, 5.74) is -20.3. The fourth-order valence-corrected chi connectivity index (χ4v) is 19.9. The van der Waals surface area contributed by atoms with Gasteiger partial charge >= 0.3 is 0 Å². The summed E-state index contributed by atoms with van der Waals surface area (Å²) in [5.74, 6) is -38.2. The van der Waals surface area contributed by atoms with Crippen LogP contribution in [-0.4, -0.2) is 190 Å². The molecule has 6 unspecified atom stereocenters. The minimum Gasteiger partial charge on any atom is -0.497 e. The van der Waals surface area contributed by atoms with Gasteiger partial charge in [-0.1, -0.05) is 77.8 Å². The average molecular weight is 1800 g/mol. The Morgan fingerprint density at radius 3 is 0.675 bits per heavy atom. The van der Waals surface area contributed by atoms with E-state index in [1.165, 1.54) is 52.2 Å². The van der Waals surface area contributed by atoms with E-state index in [1.54, 1.807) is 0 Å². The van der Waals surface area contributed by atoms with Crippen LogP contribution in [0.1, 0.15) is 374 Å². The lowest BCUT2D eigenvalue weighted by molar-refractivity contribution is -0.0112. The molecule has 6 aromatic carbocycles. The Hall–Kier alpha value is -6.12. The quantitative estimate of drug-likeness (QED) is 0.159. The second kappa shape index (κ2) is 35.4. The van der Waals surface area contributed by atoms with Gasteiger partial charge in [-0.05, 0) is 483 Å². The van der Waals surface area contributed by atoms with Crippen LogP contribution in [-0.2, 0) is 70.9 Å². The van der Waals surface area contributed by atoms with E-state index in [0.29, 0.717) is 9.80 Å². The van der Waals surface area contributed by atoms with E-state index >= 15 is 0 Å². The van der Waals surface area contributed by atoms with E-state index in [0.717, 1.165) is 79.8 Å². The Balaban J connectivity index is 0.000000147. The molecule has 0 spiro atoms. The molecule has 0 aromatic heterocycles. The first-order valence-corrected chi connectivity index (χ1v) is 42.1. The van der Waals surface area contributed by atoms with E-state index in [-0.39, 0.29) is 83.9 Å². The molecule has 12 nitrogen and oxygen atoms in total. The van der Waals surface area contributed by atoms with Gasteiger partial charge in [-0.25, -0.2) is 0 Å². The van der Waals surface area contributed by atoms with Gasteiger partial charge in [-0.3, -0.25) is 0 Å². The number of piperidine rings is 6. The van der Waals surface area contributed by atoms with Crippen LogP contribution in [0.25, 0.3) is 0 Å². The third-order valence-corrected chi connectivity index (χ3v) is 26.6. The number of rotatable bonds is 6. The number of ether oxygens (including phenoxy) is 6. The van der Waals surface area contributed by atoms with Gasteiger partial charge in [-0.2, -0.15) is 0 Å². The Bertz CT molecular complexity index is 8840. The van der Waals surface area contributed by atoms with Crippen molar-refractivity contribution in [3.63, 3.8) is 0 Å². The third kappa shape index (κ3) is 15.4. The van der Waals surface area contributed by atoms with E-state index in [1.807, 2.05) is 0 Å². The van der Waals surface area contributed by atoms with Crippen LogP contribution in [0.4, 0.5) is 0 Å². The van der Waals surface area contributed by atoms with Gasteiger partial charge in [0.25, 0.3) is 0 Å². The fourth-order valence-electron chi connectivity index (χ4n) is 19.9. The van der Waals surface area contributed by atoms with Gasteiger partial charge in [0.1, 0.15) is 34.5 Å². The van der Waals surface area contributed by atoms with Crippen molar-refractivity contribution >= 4 is 0 Å². The van der Waals surface area contributed by atoms with E-state index in [2.05, 4.69) is 0 Å². The van der Waals surface area contributed by atoms with Crippen molar-refractivity contribution in [1.82, 2.24) is 29.4 Å². The van der Waals surface area contributed by atoms with E-state index in [4.69, 9.17) is 124 Å². The van der Waals surface area contributed by atoms with Crippen LogP contribution in [0.5, 0.6) is 34.5 Å². The summed E-state index contributed by atoms with van der Waals surface area (Å²) >= 11 is 0. The molecule has 24 rings (SSSR count). The van der Waals surface area contributed by atoms with Crippen molar-refractivity contribution in [2.45, 2.75) is 302 Å². The zero-order valence-electron chi connectivity index (χ0n) is 155. The Labute approximate surface area is 877 Å². The highest BCUT2D eigenvalue weighted by molar-refractivity contribution is 5.52. The van der Waals surface area contributed by atoms with Crippen LogP contribution in [0.2, 0.25) is 0 Å². The van der Waals surface area contributed by atoms with Crippen LogP contribution < -0.4 is 28.4 Å². The molecule has 6 aliphatic heterocycles. The monoisotopic (exact) mass is 1790 g/mol. The first kappa shape index (κ1) is 35.0. The molecule has 0 N–H and O–H groups in total. The molecule has 0 amide bonds. The van der Waals surface area contributed by atoms with Crippen molar-refractivity contribution < 1.29 is 141 Å². The number of likely N-dealkylation sites (tertiary alicyclic amines) is 6.